The first-order valence-corrected chi connectivity index (χ1v) is 15.0. The molecule has 0 spiro atoms. The van der Waals surface area contributed by atoms with E-state index in [9.17, 15) is 21.6 Å². The van der Waals surface area contributed by atoms with Crippen molar-refractivity contribution in [3.05, 3.63) is 71.3 Å². The standard InChI is InChI=1S/C25H34N4O5S2/c1-20-9-14-24(22-7-5-4-6-8-22)35(31,32)29(20)19-21-10-12-23(13-11-21)25(30)27-15-17-28(18-16-27)36(33,34)26(2)3/h4-8,10-13,20,24H,9,14-19H2,1-3H3/t20-,24?/m0/s1. The van der Waals surface area contributed by atoms with E-state index in [0.717, 1.165) is 17.5 Å². The fourth-order valence-electron chi connectivity index (χ4n) is 4.82. The van der Waals surface area contributed by atoms with E-state index in [-0.39, 0.29) is 31.6 Å². The van der Waals surface area contributed by atoms with Crippen LogP contribution in [0.3, 0.4) is 0 Å². The number of carbonyl (C=O) groups is 1. The van der Waals surface area contributed by atoms with Crippen LogP contribution in [0.1, 0.15) is 46.5 Å². The van der Waals surface area contributed by atoms with E-state index in [0.29, 0.717) is 25.1 Å². The van der Waals surface area contributed by atoms with Gasteiger partial charge in [-0.1, -0.05) is 42.5 Å². The second-order valence-corrected chi connectivity index (χ2v) is 13.8. The van der Waals surface area contributed by atoms with E-state index >= 15 is 0 Å². The van der Waals surface area contributed by atoms with Crippen LogP contribution >= 0.6 is 0 Å². The van der Waals surface area contributed by atoms with Crippen molar-refractivity contribution in [3.63, 3.8) is 0 Å². The SMILES string of the molecule is C[C@H]1CCC(c2ccccc2)S(=O)(=O)N1Cc1ccc(C(=O)N2CCN(S(=O)(=O)N(C)C)CC2)cc1. The van der Waals surface area contributed by atoms with E-state index in [1.807, 2.05) is 37.3 Å². The van der Waals surface area contributed by atoms with Crippen molar-refractivity contribution < 1.29 is 21.6 Å². The molecule has 0 radical (unpaired) electrons. The van der Waals surface area contributed by atoms with Crippen LogP contribution in [0.15, 0.2) is 54.6 Å². The highest BCUT2D eigenvalue weighted by Crippen LogP contribution is 2.38. The lowest BCUT2D eigenvalue weighted by molar-refractivity contribution is 0.0695. The zero-order valence-corrected chi connectivity index (χ0v) is 22.6. The molecule has 196 valence electrons. The Morgan fingerprint density at radius 3 is 2.14 bits per heavy atom. The summed E-state index contributed by atoms with van der Waals surface area (Å²) in [7, 11) is -4.04. The van der Waals surface area contributed by atoms with Gasteiger partial charge in [-0.2, -0.15) is 21.3 Å². The fourth-order valence-corrected chi connectivity index (χ4v) is 8.10. The van der Waals surface area contributed by atoms with Crippen LogP contribution < -0.4 is 0 Å². The number of hydrogen-bond acceptors (Lipinski definition) is 5. The number of sulfonamides is 1. The number of benzene rings is 2. The minimum Gasteiger partial charge on any atom is -0.336 e. The van der Waals surface area contributed by atoms with Gasteiger partial charge in [-0.05, 0) is 43.0 Å². The molecule has 2 heterocycles. The van der Waals surface area contributed by atoms with E-state index < -0.39 is 25.5 Å². The summed E-state index contributed by atoms with van der Waals surface area (Å²) in [6.45, 7) is 3.32. The van der Waals surface area contributed by atoms with Crippen molar-refractivity contribution in [3.8, 4) is 0 Å². The van der Waals surface area contributed by atoms with Gasteiger partial charge >= 0.3 is 0 Å². The molecule has 9 nitrogen and oxygen atoms in total. The molecule has 2 atom stereocenters. The van der Waals surface area contributed by atoms with Crippen LogP contribution in [0, 0.1) is 0 Å². The highest BCUT2D eigenvalue weighted by molar-refractivity contribution is 7.89. The first-order valence-electron chi connectivity index (χ1n) is 12.1. The maximum Gasteiger partial charge on any atom is 0.281 e. The van der Waals surface area contributed by atoms with Gasteiger partial charge in [-0.25, -0.2) is 8.42 Å². The summed E-state index contributed by atoms with van der Waals surface area (Å²) < 4.78 is 55.7. The Hall–Kier alpha value is -2.31. The molecule has 2 saturated heterocycles. The van der Waals surface area contributed by atoms with E-state index in [1.54, 1.807) is 33.5 Å². The predicted molar refractivity (Wildman–Crippen MR) is 139 cm³/mol. The molecule has 2 aliphatic rings. The number of carbonyl (C=O) groups excluding carboxylic acids is 1. The highest BCUT2D eigenvalue weighted by atomic mass is 32.2. The van der Waals surface area contributed by atoms with Crippen molar-refractivity contribution in [2.45, 2.75) is 37.6 Å². The van der Waals surface area contributed by atoms with Crippen LogP contribution in [0.25, 0.3) is 0 Å². The van der Waals surface area contributed by atoms with E-state index in [1.165, 1.54) is 22.7 Å². The summed E-state index contributed by atoms with van der Waals surface area (Å²) in [4.78, 5) is 14.6. The quantitative estimate of drug-likeness (QED) is 0.567. The molecular formula is C25H34N4O5S2. The molecule has 4 rings (SSSR count). The Morgan fingerprint density at radius 1 is 0.944 bits per heavy atom. The van der Waals surface area contributed by atoms with Crippen molar-refractivity contribution >= 4 is 26.1 Å². The smallest absolute Gasteiger partial charge is 0.281 e. The molecule has 36 heavy (non-hydrogen) atoms. The van der Waals surface area contributed by atoms with Gasteiger partial charge in [0.1, 0.15) is 5.25 Å². The van der Waals surface area contributed by atoms with Crippen molar-refractivity contribution in [2.24, 2.45) is 0 Å². The summed E-state index contributed by atoms with van der Waals surface area (Å²) in [6.07, 6.45) is 1.38. The Balaban J connectivity index is 1.42. The molecule has 1 amide bonds. The number of amides is 1. The third-order valence-corrected chi connectivity index (χ3v) is 11.4. The zero-order valence-electron chi connectivity index (χ0n) is 20.9. The van der Waals surface area contributed by atoms with Crippen LogP contribution in [-0.2, 0) is 26.8 Å². The van der Waals surface area contributed by atoms with E-state index in [4.69, 9.17) is 0 Å². The third kappa shape index (κ3) is 5.35. The molecule has 0 saturated carbocycles. The van der Waals surface area contributed by atoms with Gasteiger partial charge in [0, 0.05) is 58.4 Å². The Bertz CT molecular complexity index is 1270. The molecule has 11 heteroatoms. The number of piperazine rings is 1. The summed E-state index contributed by atoms with van der Waals surface area (Å²) in [5.41, 5.74) is 2.13. The normalized spacial score (nSPS) is 23.6. The Kier molecular flexibility index (Phi) is 7.86. The Morgan fingerprint density at radius 2 is 1.56 bits per heavy atom. The number of nitrogens with zero attached hydrogens (tertiary/aromatic N) is 4. The summed E-state index contributed by atoms with van der Waals surface area (Å²) in [5.74, 6) is -0.161. The topological polar surface area (TPSA) is 98.3 Å². The molecule has 0 aromatic heterocycles. The van der Waals surface area contributed by atoms with Gasteiger partial charge in [0.05, 0.1) is 0 Å². The monoisotopic (exact) mass is 534 g/mol. The van der Waals surface area contributed by atoms with Crippen LogP contribution in [0.4, 0.5) is 0 Å². The maximum atomic E-state index is 13.5. The fraction of sp³-hybridized carbons (Fsp3) is 0.480. The summed E-state index contributed by atoms with van der Waals surface area (Å²) in [6, 6.07) is 16.3. The summed E-state index contributed by atoms with van der Waals surface area (Å²) >= 11 is 0. The predicted octanol–water partition coefficient (Wildman–Crippen LogP) is 2.31. The molecule has 0 bridgehead atoms. The van der Waals surface area contributed by atoms with Crippen molar-refractivity contribution in [2.75, 3.05) is 40.3 Å². The minimum absolute atomic E-state index is 0.106. The maximum absolute atomic E-state index is 13.5. The average Bonchev–Trinajstić information content (AvgIpc) is 2.87. The van der Waals surface area contributed by atoms with Gasteiger partial charge in [0.15, 0.2) is 0 Å². The van der Waals surface area contributed by atoms with E-state index in [2.05, 4.69) is 0 Å². The molecular weight excluding hydrogens is 500 g/mol. The van der Waals surface area contributed by atoms with Gasteiger partial charge in [0.2, 0.25) is 10.0 Å². The lowest BCUT2D eigenvalue weighted by Gasteiger charge is -2.37. The van der Waals surface area contributed by atoms with Gasteiger partial charge in [0.25, 0.3) is 16.1 Å². The molecule has 2 fully saturated rings. The molecule has 0 N–H and O–H groups in total. The second-order valence-electron chi connectivity index (χ2n) is 9.59. The van der Waals surface area contributed by atoms with Crippen molar-refractivity contribution in [1.82, 2.24) is 17.8 Å². The van der Waals surface area contributed by atoms with Gasteiger partial charge < -0.3 is 4.90 Å². The van der Waals surface area contributed by atoms with Gasteiger partial charge in [-0.15, -0.1) is 0 Å². The largest absolute Gasteiger partial charge is 0.336 e. The van der Waals surface area contributed by atoms with Crippen LogP contribution in [0.5, 0.6) is 0 Å². The molecule has 0 aliphatic carbocycles. The molecule has 2 aliphatic heterocycles. The first-order chi connectivity index (χ1) is 17.0. The zero-order chi connectivity index (χ0) is 26.1. The van der Waals surface area contributed by atoms with Crippen LogP contribution in [0.2, 0.25) is 0 Å². The van der Waals surface area contributed by atoms with Gasteiger partial charge in [-0.3, -0.25) is 4.79 Å². The molecule has 2 aromatic rings. The minimum atomic E-state index is -3.53. The Labute approximate surface area is 214 Å². The average molecular weight is 535 g/mol. The lowest BCUT2D eigenvalue weighted by atomic mass is 10.0. The first kappa shape index (κ1) is 26.7. The highest BCUT2D eigenvalue weighted by Gasteiger charge is 2.40. The molecule has 2 aromatic carbocycles. The van der Waals surface area contributed by atoms with Crippen LogP contribution in [-0.4, -0.2) is 86.9 Å². The molecule has 1 unspecified atom stereocenters. The van der Waals surface area contributed by atoms with Crippen molar-refractivity contribution in [1.29, 1.82) is 0 Å². The second kappa shape index (κ2) is 10.6. The number of rotatable bonds is 6. The lowest BCUT2D eigenvalue weighted by Crippen LogP contribution is -2.53. The number of hydrogen-bond donors (Lipinski definition) is 0. The third-order valence-electron chi connectivity index (χ3n) is 7.05. The summed E-state index contributed by atoms with van der Waals surface area (Å²) in [5, 5.41) is -0.550.